The van der Waals surface area contributed by atoms with Crippen LogP contribution in [0.2, 0.25) is 10.3 Å². The first-order chi connectivity index (χ1) is 11.7. The molecule has 0 saturated carbocycles. The lowest BCUT2D eigenvalue weighted by molar-refractivity contribution is 0.299. The van der Waals surface area contributed by atoms with E-state index >= 15 is 0 Å². The Balaban J connectivity index is 1.62. The van der Waals surface area contributed by atoms with Crippen LogP contribution in [0.1, 0.15) is 11.1 Å². The minimum absolute atomic E-state index is 0.350. The molecule has 0 unspecified atom stereocenters. The van der Waals surface area contributed by atoms with E-state index in [1.807, 2.05) is 24.3 Å². The smallest absolute Gasteiger partial charge is 0.171 e. The quantitative estimate of drug-likeness (QED) is 0.584. The summed E-state index contributed by atoms with van der Waals surface area (Å²) in [4.78, 5) is 7.96. The molecule has 0 amide bonds. The van der Waals surface area contributed by atoms with Crippen LogP contribution in [0.5, 0.6) is 11.5 Å². The van der Waals surface area contributed by atoms with Crippen molar-refractivity contribution in [1.29, 1.82) is 0 Å². The van der Waals surface area contributed by atoms with E-state index in [4.69, 9.17) is 32.7 Å². The molecule has 0 aliphatic heterocycles. The van der Waals surface area contributed by atoms with Gasteiger partial charge in [0.1, 0.15) is 13.2 Å². The minimum atomic E-state index is 0.350. The van der Waals surface area contributed by atoms with Crippen LogP contribution < -0.4 is 9.47 Å². The number of rotatable bonds is 6. The highest BCUT2D eigenvalue weighted by molar-refractivity contribution is 6.31. The molecule has 24 heavy (non-hydrogen) atoms. The standard InChI is InChI=1S/C18H14Cl2N2O2/c19-17-15(6-2-8-21-17)23-11-13-4-1-5-14(10-13)12-24-16-7-3-9-22-18(16)20/h1-10H,11-12H2. The third-order valence-corrected chi connectivity index (χ3v) is 3.80. The Labute approximate surface area is 150 Å². The van der Waals surface area contributed by atoms with E-state index in [0.29, 0.717) is 35.0 Å². The highest BCUT2D eigenvalue weighted by Gasteiger charge is 2.04. The summed E-state index contributed by atoms with van der Waals surface area (Å²) < 4.78 is 11.4. The van der Waals surface area contributed by atoms with Gasteiger partial charge in [-0.05, 0) is 41.5 Å². The Bertz CT molecular complexity index is 763. The van der Waals surface area contributed by atoms with Crippen LogP contribution in [0.4, 0.5) is 0 Å². The Morgan fingerprint density at radius 1 is 0.708 bits per heavy atom. The van der Waals surface area contributed by atoms with Crippen LogP contribution in [-0.2, 0) is 13.2 Å². The molecule has 0 aliphatic rings. The molecule has 0 saturated heterocycles. The minimum Gasteiger partial charge on any atom is -0.486 e. The fraction of sp³-hybridized carbons (Fsp3) is 0.111. The maximum absolute atomic E-state index is 5.98. The molecule has 2 aromatic heterocycles. The summed E-state index contributed by atoms with van der Waals surface area (Å²) in [5, 5.41) is 0.700. The first kappa shape index (κ1) is 16.6. The van der Waals surface area contributed by atoms with E-state index in [1.54, 1.807) is 36.7 Å². The molecule has 6 heteroatoms. The van der Waals surface area contributed by atoms with Crippen molar-refractivity contribution in [3.63, 3.8) is 0 Å². The molecule has 2 heterocycles. The lowest BCUT2D eigenvalue weighted by atomic mass is 10.1. The molecule has 0 bridgehead atoms. The summed E-state index contributed by atoms with van der Waals surface area (Å²) >= 11 is 12.0. The van der Waals surface area contributed by atoms with E-state index < -0.39 is 0 Å². The van der Waals surface area contributed by atoms with Crippen molar-refractivity contribution in [2.75, 3.05) is 0 Å². The average Bonchev–Trinajstić information content (AvgIpc) is 2.61. The van der Waals surface area contributed by atoms with Crippen LogP contribution >= 0.6 is 23.2 Å². The van der Waals surface area contributed by atoms with Crippen LogP contribution in [0.3, 0.4) is 0 Å². The summed E-state index contributed by atoms with van der Waals surface area (Å²) in [7, 11) is 0. The van der Waals surface area contributed by atoms with Crippen LogP contribution in [0, 0.1) is 0 Å². The van der Waals surface area contributed by atoms with Gasteiger partial charge >= 0.3 is 0 Å². The van der Waals surface area contributed by atoms with E-state index in [1.165, 1.54) is 0 Å². The Hall–Kier alpha value is -2.30. The Morgan fingerprint density at radius 2 is 1.21 bits per heavy atom. The van der Waals surface area contributed by atoms with Crippen molar-refractivity contribution in [2.45, 2.75) is 13.2 Å². The molecule has 0 N–H and O–H groups in total. The SMILES string of the molecule is Clc1ncccc1OCc1cccc(COc2cccnc2Cl)c1. The van der Waals surface area contributed by atoms with Crippen molar-refractivity contribution < 1.29 is 9.47 Å². The molecule has 3 rings (SSSR count). The molecule has 4 nitrogen and oxygen atoms in total. The second-order valence-corrected chi connectivity index (χ2v) is 5.70. The predicted molar refractivity (Wildman–Crippen MR) is 93.6 cm³/mol. The number of ether oxygens (including phenoxy) is 2. The van der Waals surface area contributed by atoms with E-state index in [2.05, 4.69) is 9.97 Å². The monoisotopic (exact) mass is 360 g/mol. The zero-order valence-corrected chi connectivity index (χ0v) is 14.2. The zero-order valence-electron chi connectivity index (χ0n) is 12.7. The lowest BCUT2D eigenvalue weighted by Gasteiger charge is -2.10. The van der Waals surface area contributed by atoms with Crippen molar-refractivity contribution >= 4 is 23.2 Å². The number of aromatic nitrogens is 2. The normalized spacial score (nSPS) is 10.4. The van der Waals surface area contributed by atoms with Crippen LogP contribution in [0.25, 0.3) is 0 Å². The number of nitrogens with zero attached hydrogens (tertiary/aromatic N) is 2. The van der Waals surface area contributed by atoms with Gasteiger partial charge < -0.3 is 9.47 Å². The largest absolute Gasteiger partial charge is 0.486 e. The molecule has 122 valence electrons. The highest BCUT2D eigenvalue weighted by atomic mass is 35.5. The number of halogens is 2. The van der Waals surface area contributed by atoms with Crippen molar-refractivity contribution in [2.24, 2.45) is 0 Å². The van der Waals surface area contributed by atoms with Gasteiger partial charge in [0.2, 0.25) is 0 Å². The van der Waals surface area contributed by atoms with Gasteiger partial charge in [-0.2, -0.15) is 0 Å². The number of pyridine rings is 2. The number of hydrogen-bond acceptors (Lipinski definition) is 4. The van der Waals surface area contributed by atoms with E-state index in [9.17, 15) is 0 Å². The van der Waals surface area contributed by atoms with Crippen LogP contribution in [0.15, 0.2) is 60.9 Å². The third-order valence-electron chi connectivity index (χ3n) is 3.23. The van der Waals surface area contributed by atoms with Gasteiger partial charge in [-0.1, -0.05) is 41.4 Å². The summed E-state index contributed by atoms with van der Waals surface area (Å²) in [6.45, 7) is 0.791. The Kier molecular flexibility index (Phi) is 5.51. The summed E-state index contributed by atoms with van der Waals surface area (Å²) in [6.07, 6.45) is 3.24. The predicted octanol–water partition coefficient (Wildman–Crippen LogP) is 4.94. The first-order valence-corrected chi connectivity index (χ1v) is 8.02. The summed E-state index contributed by atoms with van der Waals surface area (Å²) in [5.74, 6) is 1.12. The molecular weight excluding hydrogens is 347 g/mol. The first-order valence-electron chi connectivity index (χ1n) is 7.27. The molecule has 1 aromatic carbocycles. The van der Waals surface area contributed by atoms with Gasteiger partial charge in [0.05, 0.1) is 0 Å². The number of benzene rings is 1. The third kappa shape index (κ3) is 4.37. The lowest BCUT2D eigenvalue weighted by Crippen LogP contribution is -2.00. The summed E-state index contributed by atoms with van der Waals surface area (Å²) in [6, 6.07) is 15.0. The van der Waals surface area contributed by atoms with Gasteiger partial charge in [-0.15, -0.1) is 0 Å². The summed E-state index contributed by atoms with van der Waals surface area (Å²) in [5.41, 5.74) is 2.02. The molecule has 0 spiro atoms. The second kappa shape index (κ2) is 7.99. The molecule has 0 fully saturated rings. The number of hydrogen-bond donors (Lipinski definition) is 0. The van der Waals surface area contributed by atoms with Gasteiger partial charge in [0.25, 0.3) is 0 Å². The topological polar surface area (TPSA) is 44.2 Å². The van der Waals surface area contributed by atoms with E-state index in [0.717, 1.165) is 11.1 Å². The van der Waals surface area contributed by atoms with Crippen molar-refractivity contribution in [3.8, 4) is 11.5 Å². The molecule has 3 aromatic rings. The van der Waals surface area contributed by atoms with Crippen molar-refractivity contribution in [1.82, 2.24) is 9.97 Å². The molecule has 0 atom stereocenters. The van der Waals surface area contributed by atoms with Gasteiger partial charge in [0, 0.05) is 12.4 Å². The van der Waals surface area contributed by atoms with Crippen molar-refractivity contribution in [3.05, 3.63) is 82.4 Å². The molecule has 0 aliphatic carbocycles. The van der Waals surface area contributed by atoms with Gasteiger partial charge in [-0.3, -0.25) is 0 Å². The second-order valence-electron chi connectivity index (χ2n) is 4.98. The molecule has 0 radical (unpaired) electrons. The maximum atomic E-state index is 5.98. The zero-order chi connectivity index (χ0) is 16.8. The average molecular weight is 361 g/mol. The van der Waals surface area contributed by atoms with E-state index in [-0.39, 0.29) is 0 Å². The Morgan fingerprint density at radius 3 is 1.67 bits per heavy atom. The van der Waals surface area contributed by atoms with Crippen LogP contribution in [-0.4, -0.2) is 9.97 Å². The maximum Gasteiger partial charge on any atom is 0.171 e. The molecular formula is C18H14Cl2N2O2. The van der Waals surface area contributed by atoms with Gasteiger partial charge in [-0.25, -0.2) is 9.97 Å². The fourth-order valence-electron chi connectivity index (χ4n) is 2.09. The fourth-order valence-corrected chi connectivity index (χ4v) is 2.44. The highest BCUT2D eigenvalue weighted by Crippen LogP contribution is 2.23. The van der Waals surface area contributed by atoms with Gasteiger partial charge in [0.15, 0.2) is 21.8 Å².